The maximum atomic E-state index is 11.9. The van der Waals surface area contributed by atoms with Gasteiger partial charge in [0, 0.05) is 18.7 Å². The Kier molecular flexibility index (Phi) is 26.8. The van der Waals surface area contributed by atoms with Gasteiger partial charge in [-0.3, -0.25) is 9.59 Å². The first-order valence-electron chi connectivity index (χ1n) is 13.1. The summed E-state index contributed by atoms with van der Waals surface area (Å²) in [6.07, 6.45) is 4.08. The molecule has 1 rings (SSSR count). The van der Waals surface area contributed by atoms with Gasteiger partial charge in [-0.05, 0) is 50.8 Å². The topological polar surface area (TPSA) is 177 Å². The van der Waals surface area contributed by atoms with E-state index in [4.69, 9.17) is 10.2 Å². The Morgan fingerprint density at radius 2 is 1.42 bits per heavy atom. The summed E-state index contributed by atoms with van der Waals surface area (Å²) in [7, 11) is 0. The smallest absolute Gasteiger partial charge is 0.326 e. The molecular weight excluding hydrogens is 492 g/mol. The van der Waals surface area contributed by atoms with Crippen LogP contribution in [0.5, 0.6) is 0 Å². The molecule has 0 spiro atoms. The Bertz CT molecular complexity index is 812. The van der Waals surface area contributed by atoms with Crippen LogP contribution in [0.15, 0.2) is 36.2 Å². The van der Waals surface area contributed by atoms with Crippen LogP contribution in [0.25, 0.3) is 0 Å². The number of unbranched alkanes of at least 4 members (excludes halogenated alkanes) is 1. The fourth-order valence-electron chi connectivity index (χ4n) is 2.49. The third-order valence-corrected chi connectivity index (χ3v) is 4.28. The third kappa shape index (κ3) is 24.0. The van der Waals surface area contributed by atoms with Crippen LogP contribution >= 0.6 is 0 Å². The van der Waals surface area contributed by atoms with E-state index in [-0.39, 0.29) is 19.0 Å². The van der Waals surface area contributed by atoms with Gasteiger partial charge in [-0.15, -0.1) is 0 Å². The first-order valence-corrected chi connectivity index (χ1v) is 13.1. The molecule has 0 bridgehead atoms. The molecule has 1 aromatic rings. The highest BCUT2D eigenvalue weighted by Crippen LogP contribution is 2.08. The average molecular weight is 541 g/mol. The summed E-state index contributed by atoms with van der Waals surface area (Å²) in [6, 6.07) is 6.28. The largest absolute Gasteiger partial charge is 0.481 e. The molecular formula is C27H48N4O7. The molecule has 0 aliphatic carbocycles. The molecule has 0 saturated heterocycles. The van der Waals surface area contributed by atoms with Gasteiger partial charge in [0.05, 0.1) is 5.82 Å². The van der Waals surface area contributed by atoms with Gasteiger partial charge >= 0.3 is 23.9 Å². The molecule has 0 saturated carbocycles. The molecule has 218 valence electrons. The zero-order valence-electron chi connectivity index (χ0n) is 23.9. The summed E-state index contributed by atoms with van der Waals surface area (Å²) in [4.78, 5) is 43.4. The number of nitrogens with one attached hydrogen (secondary N) is 4. The molecule has 1 aromatic carbocycles. The predicted molar refractivity (Wildman–Crippen MR) is 151 cm³/mol. The Labute approximate surface area is 227 Å². The van der Waals surface area contributed by atoms with E-state index in [2.05, 4.69) is 21.3 Å². The van der Waals surface area contributed by atoms with Gasteiger partial charge < -0.3 is 36.6 Å². The number of carboxylic acid groups (broad SMARTS) is 3. The van der Waals surface area contributed by atoms with E-state index in [1.807, 2.05) is 65.8 Å². The van der Waals surface area contributed by atoms with Gasteiger partial charge in [0.25, 0.3) is 0 Å². The molecule has 2 amide bonds. The monoisotopic (exact) mass is 540 g/mol. The number of carboxylic acids is 3. The number of amides is 2. The lowest BCUT2D eigenvalue weighted by Crippen LogP contribution is -2.41. The lowest BCUT2D eigenvalue weighted by atomic mass is 10.1. The summed E-state index contributed by atoms with van der Waals surface area (Å²) in [5.41, 5.74) is 1.81. The minimum atomic E-state index is -1.03. The third-order valence-electron chi connectivity index (χ3n) is 4.28. The molecule has 11 heteroatoms. The van der Waals surface area contributed by atoms with Crippen molar-refractivity contribution in [2.45, 2.75) is 86.6 Å². The maximum Gasteiger partial charge on any atom is 0.326 e. The molecule has 0 aromatic heterocycles. The number of rotatable bonds is 14. The Hall–Kier alpha value is -3.76. The molecule has 1 unspecified atom stereocenters. The van der Waals surface area contributed by atoms with Crippen LogP contribution in [-0.2, 0) is 14.4 Å². The van der Waals surface area contributed by atoms with Crippen molar-refractivity contribution in [3.05, 3.63) is 41.7 Å². The number of benzene rings is 1. The molecule has 11 nitrogen and oxygen atoms in total. The van der Waals surface area contributed by atoms with Crippen LogP contribution < -0.4 is 21.3 Å². The highest BCUT2D eigenvalue weighted by molar-refractivity contribution is 5.89. The normalized spacial score (nSPS) is 10.4. The van der Waals surface area contributed by atoms with E-state index >= 15 is 0 Å². The first kappa shape index (κ1) is 38.8. The number of aliphatic carboxylic acids is 3. The van der Waals surface area contributed by atoms with Crippen LogP contribution in [0.2, 0.25) is 0 Å². The van der Waals surface area contributed by atoms with Crippen molar-refractivity contribution in [2.24, 2.45) is 0 Å². The average Bonchev–Trinajstić information content (AvgIpc) is 2.90. The lowest BCUT2D eigenvalue weighted by molar-refractivity contribution is -0.139. The molecule has 0 radical (unpaired) electrons. The number of hydrogen-bond donors (Lipinski definition) is 7. The van der Waals surface area contributed by atoms with Crippen LogP contribution in [0.1, 0.15) is 79.2 Å². The van der Waals surface area contributed by atoms with E-state index in [1.54, 1.807) is 13.0 Å². The second kappa shape index (κ2) is 26.3. The van der Waals surface area contributed by atoms with E-state index in [1.165, 1.54) is 0 Å². The summed E-state index contributed by atoms with van der Waals surface area (Å²) >= 11 is 0. The Morgan fingerprint density at radius 3 is 1.87 bits per heavy atom. The Balaban J connectivity index is -0.00000119. The first-order chi connectivity index (χ1) is 18.1. The second-order valence-corrected chi connectivity index (χ2v) is 7.30. The molecule has 0 aliphatic heterocycles. The fraction of sp³-hybridized carbons (Fsp3) is 0.556. The summed E-state index contributed by atoms with van der Waals surface area (Å²) in [5.74, 6) is -2.41. The minimum absolute atomic E-state index is 0.222. The number of carbonyl (C=O) groups excluding carboxylic acids is 1. The standard InChI is InChI=1S/C20H30N4O5.C3H6O2.2C2H6/c1-3-6-17(22-13-18(25)26)24-16(19(27)28)7-4-5-12-21-20(29)23-15-10-8-14(2)9-11-15;1-2-3(4)5;2*1-2/h6,8-11,16,22,24H,3-5,7,12-13H2,1-2H3,(H,25,26)(H,27,28)(H2,21,23,29);2H2,1H3,(H,4,5);2*1-2H3/b17-6+;;;. The highest BCUT2D eigenvalue weighted by atomic mass is 16.4. The highest BCUT2D eigenvalue weighted by Gasteiger charge is 2.18. The molecule has 0 aliphatic rings. The number of hydrogen-bond acceptors (Lipinski definition) is 6. The number of aryl methyl sites for hydroxylation is 1. The van der Waals surface area contributed by atoms with Crippen molar-refractivity contribution in [3.63, 3.8) is 0 Å². The van der Waals surface area contributed by atoms with Crippen LogP contribution in [-0.4, -0.2) is 58.4 Å². The van der Waals surface area contributed by atoms with Crippen molar-refractivity contribution in [2.75, 3.05) is 18.4 Å². The quantitative estimate of drug-likeness (QED) is 0.163. The van der Waals surface area contributed by atoms with Gasteiger partial charge in [-0.2, -0.15) is 0 Å². The van der Waals surface area contributed by atoms with Crippen molar-refractivity contribution >= 4 is 29.6 Å². The van der Waals surface area contributed by atoms with Crippen LogP contribution in [0.4, 0.5) is 10.5 Å². The van der Waals surface area contributed by atoms with E-state index < -0.39 is 23.9 Å². The Morgan fingerprint density at radius 1 is 0.868 bits per heavy atom. The van der Waals surface area contributed by atoms with Gasteiger partial charge in [0.1, 0.15) is 12.6 Å². The number of carbonyl (C=O) groups is 4. The zero-order chi connectivity index (χ0) is 29.9. The maximum absolute atomic E-state index is 11.9. The zero-order valence-corrected chi connectivity index (χ0v) is 23.9. The molecule has 1 atom stereocenters. The van der Waals surface area contributed by atoms with Gasteiger partial charge in [0.15, 0.2) is 0 Å². The number of anilines is 1. The second-order valence-electron chi connectivity index (χ2n) is 7.30. The lowest BCUT2D eigenvalue weighted by Gasteiger charge is -2.19. The van der Waals surface area contributed by atoms with E-state index in [0.717, 1.165) is 5.56 Å². The molecule has 7 N–H and O–H groups in total. The fourth-order valence-corrected chi connectivity index (χ4v) is 2.49. The summed E-state index contributed by atoms with van der Waals surface area (Å²) in [5, 5.41) is 36.8. The minimum Gasteiger partial charge on any atom is -0.481 e. The molecule has 0 fully saturated rings. The molecule has 0 heterocycles. The van der Waals surface area contributed by atoms with Crippen LogP contribution in [0, 0.1) is 6.92 Å². The van der Waals surface area contributed by atoms with Crippen molar-refractivity contribution in [1.29, 1.82) is 0 Å². The molecule has 38 heavy (non-hydrogen) atoms. The predicted octanol–water partition coefficient (Wildman–Crippen LogP) is 4.79. The summed E-state index contributed by atoms with van der Waals surface area (Å²) in [6.45, 7) is 13.5. The SMILES string of the molecule is CC.CC.CC/C=C(\NCC(=O)O)NC(CCCCNC(=O)Nc1ccc(C)cc1)C(=O)O.CCC(=O)O. The van der Waals surface area contributed by atoms with Gasteiger partial charge in [0.2, 0.25) is 0 Å². The van der Waals surface area contributed by atoms with Gasteiger partial charge in [-0.1, -0.05) is 59.2 Å². The van der Waals surface area contributed by atoms with Crippen molar-refractivity contribution in [3.8, 4) is 0 Å². The van der Waals surface area contributed by atoms with Crippen molar-refractivity contribution in [1.82, 2.24) is 16.0 Å². The van der Waals surface area contributed by atoms with Crippen LogP contribution in [0.3, 0.4) is 0 Å². The van der Waals surface area contributed by atoms with E-state index in [0.29, 0.717) is 43.7 Å². The van der Waals surface area contributed by atoms with Gasteiger partial charge in [-0.25, -0.2) is 9.59 Å². The van der Waals surface area contributed by atoms with E-state index in [9.17, 15) is 24.3 Å². The van der Waals surface area contributed by atoms with Crippen molar-refractivity contribution < 1.29 is 34.5 Å². The summed E-state index contributed by atoms with van der Waals surface area (Å²) < 4.78 is 0. The number of urea groups is 1. The number of allylic oxidation sites excluding steroid dienone is 1.